The van der Waals surface area contributed by atoms with Gasteiger partial charge in [-0.2, -0.15) is 0 Å². The van der Waals surface area contributed by atoms with E-state index in [2.05, 4.69) is 0 Å². The topological polar surface area (TPSA) is 120 Å². The van der Waals surface area contributed by atoms with Crippen LogP contribution in [0, 0.1) is 23.5 Å². The van der Waals surface area contributed by atoms with Gasteiger partial charge in [-0.25, -0.2) is 13.6 Å². The minimum absolute atomic E-state index is 0.0430. The van der Waals surface area contributed by atoms with Crippen LogP contribution >= 0.6 is 0 Å². The van der Waals surface area contributed by atoms with Gasteiger partial charge in [0.25, 0.3) is 5.56 Å². The van der Waals surface area contributed by atoms with Gasteiger partial charge in [0.05, 0.1) is 16.6 Å². The Kier molecular flexibility index (Phi) is 2.86. The Balaban J connectivity index is 1.83. The van der Waals surface area contributed by atoms with Crippen LogP contribution in [-0.4, -0.2) is 33.6 Å². The number of hydrogen-bond acceptors (Lipinski definition) is 6. The van der Waals surface area contributed by atoms with E-state index in [1.807, 2.05) is 0 Å². The van der Waals surface area contributed by atoms with Crippen molar-refractivity contribution in [2.45, 2.75) is 24.9 Å². The zero-order chi connectivity index (χ0) is 18.5. The molecule has 5 N–H and O–H groups in total. The molecule has 2 aromatic rings. The SMILES string of the molecule is Nc1c(F)c(N2CC3C(N)C3C2)c(F)c2c1c(=O)n(O)c(=O)n2C1CC1. The standard InChI is InChI=1S/C16H17F2N5O3/c17-9-12(20)8-13(22(5-1-2-5)16(25)23(26)15(8)24)10(18)14(9)21-3-6-7(4-21)11(6)19/h5-7,11,26H,1-4,19-20H2. The minimum Gasteiger partial charge on any atom is -0.421 e. The Morgan fingerprint density at radius 1 is 1.08 bits per heavy atom. The summed E-state index contributed by atoms with van der Waals surface area (Å²) < 4.78 is 31.1. The first-order chi connectivity index (χ1) is 12.3. The molecule has 138 valence electrons. The average molecular weight is 365 g/mol. The number of aromatic nitrogens is 2. The Labute approximate surface area is 145 Å². The van der Waals surface area contributed by atoms with Gasteiger partial charge < -0.3 is 21.6 Å². The maximum atomic E-state index is 15.4. The summed E-state index contributed by atoms with van der Waals surface area (Å²) in [5, 5.41) is 9.25. The second-order valence-electron chi connectivity index (χ2n) is 7.42. The van der Waals surface area contributed by atoms with Crippen molar-refractivity contribution in [3.05, 3.63) is 32.5 Å². The molecule has 0 radical (unpaired) electrons. The molecule has 2 aliphatic carbocycles. The molecular weight excluding hydrogens is 348 g/mol. The fraction of sp³-hybridized carbons (Fsp3) is 0.500. The van der Waals surface area contributed by atoms with E-state index in [-0.39, 0.29) is 39.9 Å². The molecule has 3 aliphatic rings. The van der Waals surface area contributed by atoms with Gasteiger partial charge in [0.1, 0.15) is 5.69 Å². The van der Waals surface area contributed by atoms with Gasteiger partial charge in [-0.15, -0.1) is 0 Å². The summed E-state index contributed by atoms with van der Waals surface area (Å²) >= 11 is 0. The van der Waals surface area contributed by atoms with Crippen molar-refractivity contribution in [2.75, 3.05) is 23.7 Å². The van der Waals surface area contributed by atoms with Crippen molar-refractivity contribution in [2.24, 2.45) is 17.6 Å². The van der Waals surface area contributed by atoms with Crippen LogP contribution in [0.1, 0.15) is 18.9 Å². The predicted octanol–water partition coefficient (Wildman–Crippen LogP) is -0.0109. The minimum atomic E-state index is -1.23. The smallest absolute Gasteiger partial charge is 0.365 e. The van der Waals surface area contributed by atoms with Crippen LogP contribution in [0.15, 0.2) is 9.59 Å². The number of piperidine rings is 1. The molecule has 26 heavy (non-hydrogen) atoms. The summed E-state index contributed by atoms with van der Waals surface area (Å²) in [5.74, 6) is -1.69. The molecule has 2 unspecified atom stereocenters. The highest BCUT2D eigenvalue weighted by Gasteiger charge is 2.54. The van der Waals surface area contributed by atoms with E-state index in [1.165, 1.54) is 4.90 Å². The first-order valence-corrected chi connectivity index (χ1v) is 8.50. The lowest BCUT2D eigenvalue weighted by molar-refractivity contribution is 0.157. The molecule has 0 spiro atoms. The molecule has 3 fully saturated rings. The monoisotopic (exact) mass is 365 g/mol. The van der Waals surface area contributed by atoms with Crippen LogP contribution in [0.5, 0.6) is 0 Å². The number of hydrogen-bond donors (Lipinski definition) is 3. The molecule has 8 nitrogen and oxygen atoms in total. The van der Waals surface area contributed by atoms with Gasteiger partial charge >= 0.3 is 5.69 Å². The number of rotatable bonds is 2. The van der Waals surface area contributed by atoms with Crippen molar-refractivity contribution in [1.29, 1.82) is 0 Å². The van der Waals surface area contributed by atoms with Crippen molar-refractivity contribution in [1.82, 2.24) is 9.30 Å². The molecule has 2 saturated carbocycles. The maximum absolute atomic E-state index is 15.4. The molecule has 0 amide bonds. The van der Waals surface area contributed by atoms with E-state index in [0.29, 0.717) is 25.9 Å². The third kappa shape index (κ3) is 1.79. The summed E-state index contributed by atoms with van der Waals surface area (Å²) in [7, 11) is 0. The lowest BCUT2D eigenvalue weighted by Gasteiger charge is -2.25. The zero-order valence-electron chi connectivity index (χ0n) is 13.7. The van der Waals surface area contributed by atoms with Crippen LogP contribution in [0.2, 0.25) is 0 Å². The lowest BCUT2D eigenvalue weighted by atomic mass is 10.1. The van der Waals surface area contributed by atoms with Crippen LogP contribution in [0.25, 0.3) is 10.9 Å². The molecule has 1 aromatic carbocycles. The number of fused-ring (bicyclic) bond motifs is 2. The van der Waals surface area contributed by atoms with E-state index in [0.717, 1.165) is 4.57 Å². The molecule has 0 bridgehead atoms. The van der Waals surface area contributed by atoms with Gasteiger partial charge in [-0.05, 0) is 24.7 Å². The molecule has 2 heterocycles. The van der Waals surface area contributed by atoms with Gasteiger partial charge in [-0.1, -0.05) is 4.73 Å². The molecule has 1 aromatic heterocycles. The van der Waals surface area contributed by atoms with Crippen LogP contribution in [0.4, 0.5) is 20.2 Å². The normalized spacial score (nSPS) is 27.2. The third-order valence-electron chi connectivity index (χ3n) is 5.89. The van der Waals surface area contributed by atoms with Crippen LogP contribution in [-0.2, 0) is 0 Å². The fourth-order valence-corrected chi connectivity index (χ4v) is 4.22. The van der Waals surface area contributed by atoms with Crippen molar-refractivity contribution < 1.29 is 14.0 Å². The lowest BCUT2D eigenvalue weighted by Crippen LogP contribution is -2.40. The third-order valence-corrected chi connectivity index (χ3v) is 5.89. The molecule has 10 heteroatoms. The van der Waals surface area contributed by atoms with E-state index in [1.54, 1.807) is 0 Å². The Morgan fingerprint density at radius 2 is 1.69 bits per heavy atom. The highest BCUT2D eigenvalue weighted by Crippen LogP contribution is 2.48. The van der Waals surface area contributed by atoms with E-state index in [4.69, 9.17) is 11.5 Å². The Morgan fingerprint density at radius 3 is 2.27 bits per heavy atom. The molecule has 5 rings (SSSR count). The second kappa shape index (κ2) is 4.76. The quantitative estimate of drug-likeness (QED) is 0.509. The number of halogens is 2. The van der Waals surface area contributed by atoms with Crippen molar-refractivity contribution >= 4 is 22.3 Å². The van der Waals surface area contributed by atoms with Gasteiger partial charge in [-0.3, -0.25) is 9.36 Å². The van der Waals surface area contributed by atoms with Crippen molar-refractivity contribution in [3.8, 4) is 0 Å². The van der Waals surface area contributed by atoms with Crippen LogP contribution in [0.3, 0.4) is 0 Å². The highest BCUT2D eigenvalue weighted by molar-refractivity contribution is 5.94. The Hall–Kier alpha value is -2.62. The highest BCUT2D eigenvalue weighted by atomic mass is 19.1. The first-order valence-electron chi connectivity index (χ1n) is 8.50. The second-order valence-corrected chi connectivity index (χ2v) is 7.42. The summed E-state index contributed by atoms with van der Waals surface area (Å²) in [6.07, 6.45) is 1.20. The fourth-order valence-electron chi connectivity index (χ4n) is 4.22. The largest absolute Gasteiger partial charge is 0.421 e. The summed E-state index contributed by atoms with van der Waals surface area (Å²) in [5.41, 5.74) is 8.17. The van der Waals surface area contributed by atoms with E-state index >= 15 is 4.39 Å². The first kappa shape index (κ1) is 15.6. The van der Waals surface area contributed by atoms with Crippen molar-refractivity contribution in [3.63, 3.8) is 0 Å². The summed E-state index contributed by atoms with van der Waals surface area (Å²) in [6.45, 7) is 0.796. The summed E-state index contributed by atoms with van der Waals surface area (Å²) in [4.78, 5) is 26.1. The molecule has 1 aliphatic heterocycles. The molecule has 1 saturated heterocycles. The van der Waals surface area contributed by atoms with Gasteiger partial charge in [0, 0.05) is 25.2 Å². The predicted molar refractivity (Wildman–Crippen MR) is 89.4 cm³/mol. The Bertz CT molecular complexity index is 1080. The zero-order valence-corrected chi connectivity index (χ0v) is 13.7. The maximum Gasteiger partial charge on any atom is 0.365 e. The number of anilines is 2. The molecule has 2 atom stereocenters. The van der Waals surface area contributed by atoms with Gasteiger partial charge in [0.2, 0.25) is 0 Å². The van der Waals surface area contributed by atoms with Crippen LogP contribution < -0.4 is 27.6 Å². The number of nitrogen functional groups attached to an aromatic ring is 1. The number of nitrogens with two attached hydrogens (primary N) is 2. The number of benzene rings is 1. The van der Waals surface area contributed by atoms with E-state index < -0.39 is 34.0 Å². The average Bonchev–Trinajstić information content (AvgIpc) is 3.49. The summed E-state index contributed by atoms with van der Waals surface area (Å²) in [6, 6.07) is -0.307. The van der Waals surface area contributed by atoms with E-state index in [9.17, 15) is 19.2 Å². The molecular formula is C16H17F2N5O3. The van der Waals surface area contributed by atoms with Gasteiger partial charge in [0.15, 0.2) is 11.6 Å². The number of nitrogens with zero attached hydrogens (tertiary/aromatic N) is 3.